The number of hydrogen-bond acceptors (Lipinski definition) is 4. The second-order valence-corrected chi connectivity index (χ2v) is 5.96. The molecule has 0 saturated carbocycles. The van der Waals surface area contributed by atoms with Crippen molar-refractivity contribution < 1.29 is 14.3 Å². The van der Waals surface area contributed by atoms with Crippen molar-refractivity contribution in [2.75, 3.05) is 13.2 Å². The molecule has 1 heterocycles. The molecule has 2 amide bonds. The molecule has 0 spiro atoms. The predicted octanol–water partition coefficient (Wildman–Crippen LogP) is 1.30. The summed E-state index contributed by atoms with van der Waals surface area (Å²) in [7, 11) is 0. The van der Waals surface area contributed by atoms with Crippen LogP contribution in [0.25, 0.3) is 0 Å². The van der Waals surface area contributed by atoms with Crippen LogP contribution in [0.4, 0.5) is 0 Å². The Morgan fingerprint density at radius 2 is 2.00 bits per heavy atom. The number of carbonyl (C=O) groups is 2. The van der Waals surface area contributed by atoms with Gasteiger partial charge in [-0.15, -0.1) is 12.4 Å². The molecule has 1 aromatic carbocycles. The average Bonchev–Trinajstić information content (AvgIpc) is 2.47. The van der Waals surface area contributed by atoms with Crippen LogP contribution in [0.15, 0.2) is 24.3 Å². The Labute approximate surface area is 146 Å². The maximum Gasteiger partial charge on any atom is 0.240 e. The van der Waals surface area contributed by atoms with Gasteiger partial charge in [0, 0.05) is 18.2 Å². The van der Waals surface area contributed by atoms with Crippen molar-refractivity contribution in [3.8, 4) is 0 Å². The lowest BCUT2D eigenvalue weighted by atomic mass is 9.89. The number of primary amides is 1. The van der Waals surface area contributed by atoms with Crippen molar-refractivity contribution in [1.82, 2.24) is 5.32 Å². The molecule has 1 aromatic rings. The van der Waals surface area contributed by atoms with E-state index in [1.165, 1.54) is 0 Å². The SMILES string of the molecule is Cl.NC(=O)C[C@@H](NC(=O)C1(N)CCOCC1)c1cccc(Cl)c1. The van der Waals surface area contributed by atoms with Gasteiger partial charge >= 0.3 is 0 Å². The smallest absolute Gasteiger partial charge is 0.240 e. The van der Waals surface area contributed by atoms with E-state index in [1.807, 2.05) is 0 Å². The summed E-state index contributed by atoms with van der Waals surface area (Å²) < 4.78 is 5.23. The number of ether oxygens (including phenoxy) is 1. The van der Waals surface area contributed by atoms with Crippen LogP contribution in [0.1, 0.15) is 30.9 Å². The van der Waals surface area contributed by atoms with E-state index in [-0.39, 0.29) is 24.7 Å². The molecule has 0 bridgehead atoms. The van der Waals surface area contributed by atoms with Crippen molar-refractivity contribution in [3.63, 3.8) is 0 Å². The van der Waals surface area contributed by atoms with E-state index in [0.717, 1.165) is 5.56 Å². The van der Waals surface area contributed by atoms with Crippen LogP contribution >= 0.6 is 24.0 Å². The summed E-state index contributed by atoms with van der Waals surface area (Å²) in [6.45, 7) is 0.892. The van der Waals surface area contributed by atoms with Crippen molar-refractivity contribution in [2.24, 2.45) is 11.5 Å². The quantitative estimate of drug-likeness (QED) is 0.734. The summed E-state index contributed by atoms with van der Waals surface area (Å²) in [4.78, 5) is 23.8. The van der Waals surface area contributed by atoms with E-state index >= 15 is 0 Å². The molecule has 1 fully saturated rings. The summed E-state index contributed by atoms with van der Waals surface area (Å²) >= 11 is 5.97. The van der Waals surface area contributed by atoms with E-state index in [2.05, 4.69) is 5.32 Å². The highest BCUT2D eigenvalue weighted by molar-refractivity contribution is 6.30. The van der Waals surface area contributed by atoms with Crippen molar-refractivity contribution in [1.29, 1.82) is 0 Å². The van der Waals surface area contributed by atoms with Gasteiger partial charge in [0.1, 0.15) is 0 Å². The number of rotatable bonds is 5. The van der Waals surface area contributed by atoms with E-state index in [4.69, 9.17) is 27.8 Å². The predicted molar refractivity (Wildman–Crippen MR) is 90.4 cm³/mol. The Morgan fingerprint density at radius 3 is 2.57 bits per heavy atom. The zero-order chi connectivity index (χ0) is 16.2. The Hall–Kier alpha value is -1.34. The average molecular weight is 362 g/mol. The van der Waals surface area contributed by atoms with Gasteiger partial charge in [0.2, 0.25) is 11.8 Å². The third-order valence-corrected chi connectivity index (χ3v) is 4.03. The van der Waals surface area contributed by atoms with Crippen LogP contribution < -0.4 is 16.8 Å². The summed E-state index contributed by atoms with van der Waals surface area (Å²) in [5.74, 6) is -0.814. The van der Waals surface area contributed by atoms with Crippen molar-refractivity contribution >= 4 is 35.8 Å². The molecule has 5 N–H and O–H groups in total. The number of hydrogen-bond donors (Lipinski definition) is 3. The van der Waals surface area contributed by atoms with Gasteiger partial charge in [-0.05, 0) is 30.5 Å². The Morgan fingerprint density at radius 1 is 1.35 bits per heavy atom. The first-order valence-electron chi connectivity index (χ1n) is 7.12. The molecule has 23 heavy (non-hydrogen) atoms. The molecular formula is C15H21Cl2N3O3. The van der Waals surface area contributed by atoms with Crippen LogP contribution in [-0.4, -0.2) is 30.6 Å². The molecule has 0 aliphatic carbocycles. The zero-order valence-electron chi connectivity index (χ0n) is 12.6. The molecule has 0 radical (unpaired) electrons. The molecule has 0 aromatic heterocycles. The van der Waals surface area contributed by atoms with Crippen LogP contribution in [0.2, 0.25) is 5.02 Å². The highest BCUT2D eigenvalue weighted by Gasteiger charge is 2.37. The lowest BCUT2D eigenvalue weighted by Crippen LogP contribution is -2.57. The maximum atomic E-state index is 12.5. The van der Waals surface area contributed by atoms with Gasteiger partial charge < -0.3 is 21.5 Å². The molecule has 8 heteroatoms. The second-order valence-electron chi connectivity index (χ2n) is 5.52. The van der Waals surface area contributed by atoms with Crippen LogP contribution in [-0.2, 0) is 14.3 Å². The number of halogens is 2. The van der Waals surface area contributed by atoms with E-state index < -0.39 is 17.5 Å². The molecule has 1 atom stereocenters. The first kappa shape index (κ1) is 19.7. The molecule has 128 valence electrons. The van der Waals surface area contributed by atoms with Crippen molar-refractivity contribution in [3.05, 3.63) is 34.9 Å². The lowest BCUT2D eigenvalue weighted by molar-refractivity contribution is -0.130. The maximum absolute atomic E-state index is 12.5. The molecule has 1 aliphatic heterocycles. The summed E-state index contributed by atoms with van der Waals surface area (Å²) in [6.07, 6.45) is 0.869. The highest BCUT2D eigenvalue weighted by atomic mass is 35.5. The highest BCUT2D eigenvalue weighted by Crippen LogP contribution is 2.23. The van der Waals surface area contributed by atoms with Gasteiger partial charge in [-0.25, -0.2) is 0 Å². The third kappa shape index (κ3) is 5.35. The number of nitrogens with two attached hydrogens (primary N) is 2. The standard InChI is InChI=1S/C15H20ClN3O3.ClH/c16-11-3-1-2-10(8-11)12(9-13(17)20)19-14(21)15(18)4-6-22-7-5-15;/h1-3,8,12H,4-7,9,18H2,(H2,17,20)(H,19,21);1H/t12-;/m1./s1. The Balaban J connectivity index is 0.00000264. The van der Waals surface area contributed by atoms with Gasteiger partial charge in [0.15, 0.2) is 0 Å². The first-order valence-corrected chi connectivity index (χ1v) is 7.50. The Kier molecular flexibility index (Phi) is 7.28. The van der Waals surface area contributed by atoms with E-state index in [0.29, 0.717) is 31.1 Å². The lowest BCUT2D eigenvalue weighted by Gasteiger charge is -2.33. The summed E-state index contributed by atoms with van der Waals surface area (Å²) in [5.41, 5.74) is 11.2. The minimum atomic E-state index is -0.979. The summed E-state index contributed by atoms with van der Waals surface area (Å²) in [6, 6.07) is 6.41. The fourth-order valence-corrected chi connectivity index (χ4v) is 2.64. The summed E-state index contributed by atoms with van der Waals surface area (Å²) in [5, 5.41) is 3.35. The van der Waals surface area contributed by atoms with Crippen LogP contribution in [0.3, 0.4) is 0 Å². The van der Waals surface area contributed by atoms with Gasteiger partial charge in [0.25, 0.3) is 0 Å². The number of benzene rings is 1. The monoisotopic (exact) mass is 361 g/mol. The molecule has 6 nitrogen and oxygen atoms in total. The zero-order valence-corrected chi connectivity index (χ0v) is 14.2. The molecule has 2 rings (SSSR count). The van der Waals surface area contributed by atoms with Gasteiger partial charge in [-0.2, -0.15) is 0 Å². The number of amides is 2. The van der Waals surface area contributed by atoms with Gasteiger partial charge in [-0.1, -0.05) is 23.7 Å². The minimum absolute atomic E-state index is 0. The topological polar surface area (TPSA) is 107 Å². The van der Waals surface area contributed by atoms with Gasteiger partial charge in [-0.3, -0.25) is 9.59 Å². The minimum Gasteiger partial charge on any atom is -0.381 e. The van der Waals surface area contributed by atoms with Gasteiger partial charge in [0.05, 0.1) is 18.0 Å². The first-order chi connectivity index (χ1) is 10.4. The van der Waals surface area contributed by atoms with Crippen LogP contribution in [0, 0.1) is 0 Å². The Bertz CT molecular complexity index is 563. The second kappa shape index (κ2) is 8.49. The molecule has 1 aliphatic rings. The van der Waals surface area contributed by atoms with Crippen LogP contribution in [0.5, 0.6) is 0 Å². The fraction of sp³-hybridized carbons (Fsp3) is 0.467. The fourth-order valence-electron chi connectivity index (χ4n) is 2.44. The largest absolute Gasteiger partial charge is 0.381 e. The van der Waals surface area contributed by atoms with Crippen molar-refractivity contribution in [2.45, 2.75) is 30.8 Å². The molecule has 1 saturated heterocycles. The number of carbonyl (C=O) groups excluding carboxylic acids is 2. The third-order valence-electron chi connectivity index (χ3n) is 3.80. The number of nitrogens with one attached hydrogen (secondary N) is 1. The molecule has 0 unspecified atom stereocenters. The van der Waals surface area contributed by atoms with E-state index in [9.17, 15) is 9.59 Å². The van der Waals surface area contributed by atoms with E-state index in [1.54, 1.807) is 24.3 Å². The normalized spacial score (nSPS) is 17.7. The molecular weight excluding hydrogens is 341 g/mol.